The number of aryl methyl sites for hydroxylation is 1. The van der Waals surface area contributed by atoms with Gasteiger partial charge in [0.2, 0.25) is 0 Å². The molecule has 24 heavy (non-hydrogen) atoms. The molecule has 1 aromatic carbocycles. The fraction of sp³-hybridized carbons (Fsp3) is 0.632. The zero-order chi connectivity index (χ0) is 17.2. The molecule has 0 saturated carbocycles. The molecule has 2 saturated heterocycles. The maximum absolute atomic E-state index is 12.6. The van der Waals surface area contributed by atoms with E-state index in [4.69, 9.17) is 9.47 Å². The van der Waals surface area contributed by atoms with Crippen molar-refractivity contribution in [3.05, 3.63) is 35.4 Å². The molecule has 2 atom stereocenters. The third-order valence-corrected chi connectivity index (χ3v) is 5.23. The Morgan fingerprint density at radius 2 is 1.96 bits per heavy atom. The van der Waals surface area contributed by atoms with E-state index < -0.39 is 5.79 Å². The average molecular weight is 332 g/mol. The van der Waals surface area contributed by atoms with Crippen molar-refractivity contribution >= 4 is 6.03 Å². The van der Waals surface area contributed by atoms with Crippen LogP contribution in [0.1, 0.15) is 43.9 Å². The number of urea groups is 1. The number of benzene rings is 1. The van der Waals surface area contributed by atoms with E-state index >= 15 is 0 Å². The lowest BCUT2D eigenvalue weighted by atomic mass is 9.90. The molecule has 0 bridgehead atoms. The minimum atomic E-state index is -0.540. The van der Waals surface area contributed by atoms with E-state index in [0.717, 1.165) is 24.9 Å². The van der Waals surface area contributed by atoms with Gasteiger partial charge in [0, 0.05) is 19.0 Å². The van der Waals surface area contributed by atoms with Gasteiger partial charge in [0.25, 0.3) is 0 Å². The Bertz CT molecular complexity index is 566. The highest BCUT2D eigenvalue weighted by atomic mass is 16.7. The van der Waals surface area contributed by atoms with Crippen molar-refractivity contribution in [3.63, 3.8) is 0 Å². The number of likely N-dealkylation sites (tertiary alicyclic amines) is 1. The Balaban J connectivity index is 1.59. The summed E-state index contributed by atoms with van der Waals surface area (Å²) >= 11 is 0. The predicted octanol–water partition coefficient (Wildman–Crippen LogP) is 3.24. The van der Waals surface area contributed by atoms with E-state index in [-0.39, 0.29) is 18.0 Å². The second kappa shape index (κ2) is 7.11. The fourth-order valence-corrected chi connectivity index (χ4v) is 3.57. The molecule has 0 aromatic heterocycles. The van der Waals surface area contributed by atoms with Crippen LogP contribution in [-0.2, 0) is 9.47 Å². The smallest absolute Gasteiger partial charge is 0.317 e. The molecule has 1 aromatic rings. The Labute approximate surface area is 144 Å². The number of carbonyl (C=O) groups is 1. The average Bonchev–Trinajstić information content (AvgIpc) is 3.03. The quantitative estimate of drug-likeness (QED) is 0.924. The molecule has 2 heterocycles. The third-order valence-electron chi connectivity index (χ3n) is 5.23. The van der Waals surface area contributed by atoms with Gasteiger partial charge < -0.3 is 19.7 Å². The lowest BCUT2D eigenvalue weighted by molar-refractivity contribution is -0.189. The van der Waals surface area contributed by atoms with Crippen LogP contribution in [0.15, 0.2) is 24.3 Å². The summed E-state index contributed by atoms with van der Waals surface area (Å²) in [6, 6.07) is 8.28. The van der Waals surface area contributed by atoms with Crippen LogP contribution in [0.25, 0.3) is 0 Å². The first-order chi connectivity index (χ1) is 11.5. The topological polar surface area (TPSA) is 50.8 Å². The molecule has 5 heteroatoms. The van der Waals surface area contributed by atoms with Crippen LogP contribution in [0.4, 0.5) is 4.79 Å². The zero-order valence-corrected chi connectivity index (χ0v) is 14.9. The molecular formula is C19H28N2O3. The number of hydrogen-bond acceptors (Lipinski definition) is 3. The molecule has 0 radical (unpaired) electrons. The van der Waals surface area contributed by atoms with E-state index in [1.54, 1.807) is 0 Å². The summed E-state index contributed by atoms with van der Waals surface area (Å²) in [7, 11) is 0. The van der Waals surface area contributed by atoms with Crippen molar-refractivity contribution in [3.8, 4) is 0 Å². The largest absolute Gasteiger partial charge is 0.347 e. The maximum atomic E-state index is 12.6. The number of ether oxygens (including phenoxy) is 2. The van der Waals surface area contributed by atoms with Crippen molar-refractivity contribution in [2.75, 3.05) is 26.3 Å². The van der Waals surface area contributed by atoms with Gasteiger partial charge in [-0.05, 0) is 39.2 Å². The summed E-state index contributed by atoms with van der Waals surface area (Å²) in [6.45, 7) is 8.85. The lowest BCUT2D eigenvalue weighted by Crippen LogP contribution is -2.51. The molecular weight excluding hydrogens is 304 g/mol. The molecule has 2 fully saturated rings. The molecule has 2 aliphatic heterocycles. The van der Waals surface area contributed by atoms with Gasteiger partial charge in [-0.2, -0.15) is 0 Å². The maximum Gasteiger partial charge on any atom is 0.317 e. The van der Waals surface area contributed by atoms with Gasteiger partial charge >= 0.3 is 6.03 Å². The first-order valence-corrected chi connectivity index (χ1v) is 8.88. The van der Waals surface area contributed by atoms with E-state index in [0.29, 0.717) is 19.8 Å². The zero-order valence-electron chi connectivity index (χ0n) is 14.9. The Morgan fingerprint density at radius 1 is 1.29 bits per heavy atom. The summed E-state index contributed by atoms with van der Waals surface area (Å²) in [5, 5.41) is 3.11. The number of piperidine rings is 1. The van der Waals surface area contributed by atoms with Gasteiger partial charge in [0.15, 0.2) is 5.79 Å². The minimum Gasteiger partial charge on any atom is -0.347 e. The monoisotopic (exact) mass is 332 g/mol. The van der Waals surface area contributed by atoms with Crippen molar-refractivity contribution < 1.29 is 14.3 Å². The van der Waals surface area contributed by atoms with Crippen LogP contribution in [-0.4, -0.2) is 43.0 Å². The number of carbonyl (C=O) groups excluding carboxylic acids is 1. The highest BCUT2D eigenvalue weighted by Crippen LogP contribution is 2.34. The Kier molecular flexibility index (Phi) is 5.11. The molecule has 0 spiro atoms. The van der Waals surface area contributed by atoms with E-state index in [9.17, 15) is 4.79 Å². The molecule has 3 rings (SSSR count). The van der Waals surface area contributed by atoms with Crippen molar-refractivity contribution in [1.82, 2.24) is 10.2 Å². The first-order valence-electron chi connectivity index (χ1n) is 8.88. The van der Waals surface area contributed by atoms with Crippen LogP contribution in [0.3, 0.4) is 0 Å². The molecule has 1 N–H and O–H groups in total. The second-order valence-electron chi connectivity index (χ2n) is 7.08. The van der Waals surface area contributed by atoms with Gasteiger partial charge in [-0.15, -0.1) is 0 Å². The van der Waals surface area contributed by atoms with Gasteiger partial charge in [0.1, 0.15) is 0 Å². The van der Waals surface area contributed by atoms with Gasteiger partial charge in [-0.25, -0.2) is 4.79 Å². The van der Waals surface area contributed by atoms with Crippen LogP contribution < -0.4 is 5.32 Å². The lowest BCUT2D eigenvalue weighted by Gasteiger charge is -2.40. The Morgan fingerprint density at radius 3 is 2.62 bits per heavy atom. The third kappa shape index (κ3) is 3.73. The number of nitrogens with zero attached hydrogens (tertiary/aromatic N) is 1. The molecule has 0 unspecified atom stereocenters. The highest BCUT2D eigenvalue weighted by molar-refractivity contribution is 5.74. The molecule has 5 nitrogen and oxygen atoms in total. The molecule has 2 aliphatic rings. The van der Waals surface area contributed by atoms with Crippen LogP contribution in [0.2, 0.25) is 0 Å². The first kappa shape index (κ1) is 17.2. The summed E-state index contributed by atoms with van der Waals surface area (Å²) < 4.78 is 11.6. The van der Waals surface area contributed by atoms with Gasteiger partial charge in [0.05, 0.1) is 19.3 Å². The highest BCUT2D eigenvalue weighted by Gasteiger charge is 2.42. The van der Waals surface area contributed by atoms with Gasteiger partial charge in [-0.1, -0.05) is 29.8 Å². The van der Waals surface area contributed by atoms with Crippen LogP contribution in [0.5, 0.6) is 0 Å². The van der Waals surface area contributed by atoms with E-state index in [1.165, 1.54) is 5.56 Å². The van der Waals surface area contributed by atoms with Crippen molar-refractivity contribution in [2.45, 2.75) is 45.4 Å². The Hall–Kier alpha value is -1.59. The van der Waals surface area contributed by atoms with Crippen molar-refractivity contribution in [2.24, 2.45) is 5.92 Å². The fourth-order valence-electron chi connectivity index (χ4n) is 3.57. The summed E-state index contributed by atoms with van der Waals surface area (Å²) in [5.41, 5.74) is 2.35. The second-order valence-corrected chi connectivity index (χ2v) is 7.08. The number of hydrogen-bond donors (Lipinski definition) is 1. The summed E-state index contributed by atoms with van der Waals surface area (Å²) in [4.78, 5) is 14.5. The minimum absolute atomic E-state index is 0.00521. The van der Waals surface area contributed by atoms with Crippen LogP contribution in [0, 0.1) is 12.8 Å². The SMILES string of the molecule is Cc1ccc([C@@H](C)NC(=O)N2CCC[C@H](C3(C)OCCO3)C2)cc1. The number of amides is 2. The predicted molar refractivity (Wildman–Crippen MR) is 92.7 cm³/mol. The number of nitrogens with one attached hydrogen (secondary N) is 1. The van der Waals surface area contributed by atoms with Gasteiger partial charge in [-0.3, -0.25) is 0 Å². The van der Waals surface area contributed by atoms with Crippen molar-refractivity contribution in [1.29, 1.82) is 0 Å². The number of rotatable bonds is 3. The molecule has 0 aliphatic carbocycles. The normalized spacial score (nSPS) is 24.6. The van der Waals surface area contributed by atoms with E-state index in [1.807, 2.05) is 18.7 Å². The summed E-state index contributed by atoms with van der Waals surface area (Å²) in [6.07, 6.45) is 2.02. The van der Waals surface area contributed by atoms with E-state index in [2.05, 4.69) is 36.5 Å². The summed E-state index contributed by atoms with van der Waals surface area (Å²) in [5.74, 6) is -0.309. The standard InChI is InChI=1S/C19H28N2O3/c1-14-6-8-16(9-7-14)15(2)20-18(22)21-10-4-5-17(13-21)19(3)23-11-12-24-19/h6-9,15,17H,4-5,10-13H2,1-3H3,(H,20,22)/t15-,17+/m1/s1. The molecule has 132 valence electrons. The van der Waals surface area contributed by atoms with Crippen LogP contribution >= 0.6 is 0 Å². The molecule has 2 amide bonds.